The van der Waals surface area contributed by atoms with Crippen molar-refractivity contribution in [3.8, 4) is 11.4 Å². The zero-order chi connectivity index (χ0) is 21.8. The first-order valence-electron chi connectivity index (χ1n) is 9.29. The quantitative estimate of drug-likeness (QED) is 0.269. The standard InChI is InChI=1S/C21H16FN5O3S/c22-18-4-2-1-3-17(18)20-24-21-26(25-20)16(13-31-21)11-12-23-19(28)10-7-14-5-8-15(9-6-14)27(29)30/h1-10,13H,11-12H2,(H,23,28). The number of hydrogen-bond acceptors (Lipinski definition) is 6. The Labute approximate surface area is 179 Å². The number of carbonyl (C=O) groups excluding carboxylic acids is 1. The predicted molar refractivity (Wildman–Crippen MR) is 115 cm³/mol. The summed E-state index contributed by atoms with van der Waals surface area (Å²) in [6.07, 6.45) is 3.48. The second kappa shape index (κ2) is 8.84. The van der Waals surface area contributed by atoms with Crippen LogP contribution in [-0.4, -0.2) is 32.0 Å². The Morgan fingerprint density at radius 3 is 2.74 bits per heavy atom. The molecule has 4 aromatic rings. The minimum atomic E-state index is -0.476. The van der Waals surface area contributed by atoms with Crippen LogP contribution in [0.25, 0.3) is 22.4 Å². The van der Waals surface area contributed by atoms with Crippen LogP contribution in [0, 0.1) is 15.9 Å². The van der Waals surface area contributed by atoms with Gasteiger partial charge in [0.15, 0.2) is 5.82 Å². The second-order valence-corrected chi connectivity index (χ2v) is 7.40. The number of fused-ring (bicyclic) bond motifs is 1. The van der Waals surface area contributed by atoms with Crippen molar-refractivity contribution in [1.29, 1.82) is 0 Å². The van der Waals surface area contributed by atoms with Crippen molar-refractivity contribution in [3.63, 3.8) is 0 Å². The summed E-state index contributed by atoms with van der Waals surface area (Å²) >= 11 is 1.40. The van der Waals surface area contributed by atoms with Gasteiger partial charge in [-0.25, -0.2) is 8.91 Å². The van der Waals surface area contributed by atoms with E-state index in [4.69, 9.17) is 0 Å². The maximum Gasteiger partial charge on any atom is 0.269 e. The first-order valence-corrected chi connectivity index (χ1v) is 10.2. The monoisotopic (exact) mass is 437 g/mol. The lowest BCUT2D eigenvalue weighted by atomic mass is 10.2. The Hall–Kier alpha value is -3.92. The average molecular weight is 437 g/mol. The Morgan fingerprint density at radius 1 is 1.23 bits per heavy atom. The fourth-order valence-electron chi connectivity index (χ4n) is 2.91. The summed E-state index contributed by atoms with van der Waals surface area (Å²) in [5.74, 6) is -0.342. The number of nitrogens with zero attached hydrogens (tertiary/aromatic N) is 4. The molecule has 1 N–H and O–H groups in total. The lowest BCUT2D eigenvalue weighted by Crippen LogP contribution is -2.23. The van der Waals surface area contributed by atoms with Crippen molar-refractivity contribution in [2.45, 2.75) is 6.42 Å². The molecule has 0 aliphatic carbocycles. The van der Waals surface area contributed by atoms with Gasteiger partial charge < -0.3 is 5.32 Å². The molecule has 0 aliphatic rings. The molecule has 2 aromatic heterocycles. The lowest BCUT2D eigenvalue weighted by Gasteiger charge is -2.01. The minimum absolute atomic E-state index is 0.00468. The van der Waals surface area contributed by atoms with Gasteiger partial charge in [-0.3, -0.25) is 14.9 Å². The third kappa shape index (κ3) is 4.64. The van der Waals surface area contributed by atoms with Crippen LogP contribution in [0.2, 0.25) is 0 Å². The van der Waals surface area contributed by atoms with Crippen molar-refractivity contribution in [1.82, 2.24) is 19.9 Å². The van der Waals surface area contributed by atoms with E-state index in [9.17, 15) is 19.3 Å². The van der Waals surface area contributed by atoms with Crippen LogP contribution < -0.4 is 5.32 Å². The third-order valence-electron chi connectivity index (χ3n) is 4.48. The van der Waals surface area contributed by atoms with Crippen molar-refractivity contribution in [2.75, 3.05) is 6.54 Å². The lowest BCUT2D eigenvalue weighted by molar-refractivity contribution is -0.384. The van der Waals surface area contributed by atoms with E-state index in [2.05, 4.69) is 15.4 Å². The number of nitrogens with one attached hydrogen (secondary N) is 1. The highest BCUT2D eigenvalue weighted by molar-refractivity contribution is 7.15. The number of nitro groups is 1. The van der Waals surface area contributed by atoms with Crippen LogP contribution in [-0.2, 0) is 11.2 Å². The Morgan fingerprint density at radius 2 is 2.00 bits per heavy atom. The van der Waals surface area contributed by atoms with Crippen LogP contribution in [0.5, 0.6) is 0 Å². The number of thiazole rings is 1. The molecule has 8 nitrogen and oxygen atoms in total. The van der Waals surface area contributed by atoms with Gasteiger partial charge in [0.2, 0.25) is 10.9 Å². The van der Waals surface area contributed by atoms with Crippen LogP contribution >= 0.6 is 11.3 Å². The summed E-state index contributed by atoms with van der Waals surface area (Å²) in [5, 5.41) is 19.7. The molecule has 0 bridgehead atoms. The minimum Gasteiger partial charge on any atom is -0.352 e. The fraction of sp³-hybridized carbons (Fsp3) is 0.0952. The molecule has 4 rings (SSSR count). The molecule has 1 amide bonds. The van der Waals surface area contributed by atoms with Gasteiger partial charge in [-0.1, -0.05) is 12.1 Å². The van der Waals surface area contributed by atoms with Crippen LogP contribution in [0.1, 0.15) is 11.3 Å². The van der Waals surface area contributed by atoms with Gasteiger partial charge in [-0.05, 0) is 35.9 Å². The number of amides is 1. The second-order valence-electron chi connectivity index (χ2n) is 6.56. The zero-order valence-corrected chi connectivity index (χ0v) is 16.9. The highest BCUT2D eigenvalue weighted by Gasteiger charge is 2.14. The van der Waals surface area contributed by atoms with E-state index in [1.807, 2.05) is 5.38 Å². The summed E-state index contributed by atoms with van der Waals surface area (Å²) in [6.45, 7) is 0.379. The number of halogens is 1. The van der Waals surface area contributed by atoms with Crippen molar-refractivity contribution in [2.24, 2.45) is 0 Å². The number of carbonyl (C=O) groups is 1. The molecule has 156 valence electrons. The predicted octanol–water partition coefficient (Wildman–Crippen LogP) is 3.88. The Balaban J connectivity index is 1.35. The highest BCUT2D eigenvalue weighted by Crippen LogP contribution is 2.23. The van der Waals surface area contributed by atoms with E-state index in [1.165, 1.54) is 35.6 Å². The molecule has 0 atom stereocenters. The zero-order valence-electron chi connectivity index (χ0n) is 16.1. The smallest absolute Gasteiger partial charge is 0.269 e. The summed E-state index contributed by atoms with van der Waals surface area (Å²) in [5.41, 5.74) is 1.88. The van der Waals surface area contributed by atoms with Crippen LogP contribution in [0.15, 0.2) is 60.0 Å². The number of hydrogen-bond donors (Lipinski definition) is 1. The average Bonchev–Trinajstić information content (AvgIpc) is 3.34. The summed E-state index contributed by atoms with van der Waals surface area (Å²) in [7, 11) is 0. The summed E-state index contributed by atoms with van der Waals surface area (Å²) in [6, 6.07) is 12.2. The van der Waals surface area contributed by atoms with Crippen molar-refractivity contribution >= 4 is 34.0 Å². The fourth-order valence-corrected chi connectivity index (χ4v) is 3.76. The number of benzene rings is 2. The molecule has 10 heteroatoms. The maximum absolute atomic E-state index is 14.0. The van der Waals surface area contributed by atoms with E-state index >= 15 is 0 Å². The molecule has 0 radical (unpaired) electrons. The highest BCUT2D eigenvalue weighted by atomic mass is 32.1. The molecule has 0 spiro atoms. The SMILES string of the molecule is O=C(C=Cc1ccc([N+](=O)[O-])cc1)NCCc1csc2nc(-c3ccccc3F)nn12. The topological polar surface area (TPSA) is 102 Å². The van der Waals surface area contributed by atoms with Crippen LogP contribution in [0.3, 0.4) is 0 Å². The van der Waals surface area contributed by atoms with Gasteiger partial charge in [0.25, 0.3) is 5.69 Å². The van der Waals surface area contributed by atoms with Gasteiger partial charge in [0, 0.05) is 36.6 Å². The largest absolute Gasteiger partial charge is 0.352 e. The van der Waals surface area contributed by atoms with Gasteiger partial charge in [0.1, 0.15) is 5.82 Å². The molecule has 0 saturated heterocycles. The van der Waals surface area contributed by atoms with Gasteiger partial charge in [-0.15, -0.1) is 16.4 Å². The van der Waals surface area contributed by atoms with Gasteiger partial charge in [0.05, 0.1) is 16.2 Å². The maximum atomic E-state index is 14.0. The molecule has 0 unspecified atom stereocenters. The van der Waals surface area contributed by atoms with Crippen molar-refractivity contribution in [3.05, 3.63) is 87.2 Å². The Kier molecular flexibility index (Phi) is 5.80. The molecule has 0 fully saturated rings. The normalized spacial score (nSPS) is 11.3. The summed E-state index contributed by atoms with van der Waals surface area (Å²) in [4.78, 5) is 27.2. The Bertz CT molecular complexity index is 1280. The molecule has 2 aromatic carbocycles. The number of aromatic nitrogens is 3. The van der Waals surface area contributed by atoms with E-state index < -0.39 is 4.92 Å². The number of nitro benzene ring substituents is 1. The van der Waals surface area contributed by atoms with E-state index in [0.717, 1.165) is 5.69 Å². The first-order chi connectivity index (χ1) is 15.0. The van der Waals surface area contributed by atoms with Gasteiger partial charge >= 0.3 is 0 Å². The molecular formula is C21H16FN5O3S. The molecule has 0 aliphatic heterocycles. The summed E-state index contributed by atoms with van der Waals surface area (Å²) < 4.78 is 15.6. The number of rotatable bonds is 7. The van der Waals surface area contributed by atoms with E-state index in [-0.39, 0.29) is 17.4 Å². The molecule has 2 heterocycles. The molecule has 31 heavy (non-hydrogen) atoms. The molecular weight excluding hydrogens is 421 g/mol. The van der Waals surface area contributed by atoms with E-state index in [1.54, 1.807) is 40.9 Å². The first kappa shape index (κ1) is 20.4. The van der Waals surface area contributed by atoms with Gasteiger partial charge in [-0.2, -0.15) is 4.98 Å². The van der Waals surface area contributed by atoms with Crippen molar-refractivity contribution < 1.29 is 14.1 Å². The molecule has 0 saturated carbocycles. The van der Waals surface area contributed by atoms with Crippen LogP contribution in [0.4, 0.5) is 10.1 Å². The van der Waals surface area contributed by atoms with E-state index in [0.29, 0.717) is 34.9 Å². The number of non-ortho nitro benzene ring substituents is 1. The third-order valence-corrected chi connectivity index (χ3v) is 5.34.